The number of carboxylic acids is 1. The van der Waals surface area contributed by atoms with Gasteiger partial charge in [-0.25, -0.2) is 0 Å². The van der Waals surface area contributed by atoms with Crippen molar-refractivity contribution >= 4 is 5.97 Å². The van der Waals surface area contributed by atoms with Gasteiger partial charge in [0.1, 0.15) is 0 Å². The highest BCUT2D eigenvalue weighted by atomic mass is 16.4. The van der Waals surface area contributed by atoms with Gasteiger partial charge in [-0.3, -0.25) is 4.79 Å². The van der Waals surface area contributed by atoms with Gasteiger partial charge < -0.3 is 5.11 Å². The summed E-state index contributed by atoms with van der Waals surface area (Å²) in [6.45, 7) is 2.25. The van der Waals surface area contributed by atoms with Crippen LogP contribution in [0, 0.1) is 0 Å². The Labute approximate surface area is 108 Å². The zero-order chi connectivity index (χ0) is 12.8. The molecule has 1 unspecified atom stereocenters. The van der Waals surface area contributed by atoms with Crippen LogP contribution >= 0.6 is 0 Å². The van der Waals surface area contributed by atoms with Crippen molar-refractivity contribution in [2.45, 2.75) is 56.8 Å². The van der Waals surface area contributed by atoms with E-state index in [0.29, 0.717) is 5.92 Å². The third-order valence-electron chi connectivity index (χ3n) is 4.94. The van der Waals surface area contributed by atoms with E-state index < -0.39 is 11.4 Å². The van der Waals surface area contributed by atoms with E-state index in [1.807, 2.05) is 0 Å². The number of hydrogen-bond acceptors (Lipinski definition) is 1. The number of carboxylic acid groups (broad SMARTS) is 1. The molecule has 2 heteroatoms. The van der Waals surface area contributed by atoms with Crippen LogP contribution in [-0.2, 0) is 16.6 Å². The normalized spacial score (nSPS) is 25.1. The van der Waals surface area contributed by atoms with Crippen molar-refractivity contribution in [2.75, 3.05) is 0 Å². The second-order valence-electron chi connectivity index (χ2n) is 5.95. The van der Waals surface area contributed by atoms with Crippen molar-refractivity contribution in [3.05, 3.63) is 34.9 Å². The van der Waals surface area contributed by atoms with Gasteiger partial charge in [0.25, 0.3) is 0 Å². The SMILES string of the molecule is CC1CCc2ccc(C3(C(=O)O)CCCC3)cc21. The Morgan fingerprint density at radius 3 is 2.72 bits per heavy atom. The smallest absolute Gasteiger partial charge is 0.314 e. The molecular weight excluding hydrogens is 224 g/mol. The number of fused-ring (bicyclic) bond motifs is 1. The standard InChI is InChI=1S/C16H20O2/c1-11-4-5-12-6-7-13(10-14(11)12)16(15(17)18)8-2-3-9-16/h6-7,10-11H,2-5,8-9H2,1H3,(H,17,18). The Bertz CT molecular complexity index is 484. The maximum absolute atomic E-state index is 11.7. The Balaban J connectivity index is 2.06. The number of aliphatic carboxylic acids is 1. The molecule has 1 aromatic carbocycles. The summed E-state index contributed by atoms with van der Waals surface area (Å²) in [6, 6.07) is 6.42. The van der Waals surface area contributed by atoms with Crippen LogP contribution in [0.1, 0.15) is 61.6 Å². The summed E-state index contributed by atoms with van der Waals surface area (Å²) < 4.78 is 0. The van der Waals surface area contributed by atoms with Gasteiger partial charge in [-0.15, -0.1) is 0 Å². The lowest BCUT2D eigenvalue weighted by Crippen LogP contribution is -2.32. The van der Waals surface area contributed by atoms with Gasteiger partial charge >= 0.3 is 5.97 Å². The minimum Gasteiger partial charge on any atom is -0.481 e. The van der Waals surface area contributed by atoms with Crippen molar-refractivity contribution in [3.63, 3.8) is 0 Å². The molecule has 1 saturated carbocycles. The van der Waals surface area contributed by atoms with Crippen molar-refractivity contribution in [1.82, 2.24) is 0 Å². The Hall–Kier alpha value is -1.31. The molecule has 0 heterocycles. The monoisotopic (exact) mass is 244 g/mol. The van der Waals surface area contributed by atoms with E-state index in [9.17, 15) is 9.90 Å². The van der Waals surface area contributed by atoms with Crippen LogP contribution in [0.5, 0.6) is 0 Å². The molecular formula is C16H20O2. The first-order valence-corrected chi connectivity index (χ1v) is 7.00. The molecule has 0 aliphatic heterocycles. The maximum Gasteiger partial charge on any atom is 0.314 e. The van der Waals surface area contributed by atoms with Gasteiger partial charge in [0.15, 0.2) is 0 Å². The molecule has 96 valence electrons. The number of carbonyl (C=O) groups is 1. The molecule has 0 aromatic heterocycles. The number of aryl methyl sites for hydroxylation is 1. The number of hydrogen-bond donors (Lipinski definition) is 1. The second kappa shape index (κ2) is 4.11. The first kappa shape index (κ1) is 11.8. The van der Waals surface area contributed by atoms with Gasteiger partial charge in [-0.2, -0.15) is 0 Å². The molecule has 0 saturated heterocycles. The van der Waals surface area contributed by atoms with Crippen LogP contribution in [0.4, 0.5) is 0 Å². The Morgan fingerprint density at radius 2 is 2.06 bits per heavy atom. The molecule has 2 nitrogen and oxygen atoms in total. The molecule has 0 spiro atoms. The second-order valence-corrected chi connectivity index (χ2v) is 5.95. The lowest BCUT2D eigenvalue weighted by atomic mass is 9.78. The third kappa shape index (κ3) is 1.58. The van der Waals surface area contributed by atoms with Gasteiger partial charge in [0.05, 0.1) is 5.41 Å². The zero-order valence-corrected chi connectivity index (χ0v) is 10.9. The minimum absolute atomic E-state index is 0.590. The van der Waals surface area contributed by atoms with Crippen molar-refractivity contribution in [2.24, 2.45) is 0 Å². The molecule has 1 aromatic rings. The van der Waals surface area contributed by atoms with Gasteiger partial charge in [0, 0.05) is 0 Å². The van der Waals surface area contributed by atoms with E-state index in [1.165, 1.54) is 17.5 Å². The van der Waals surface area contributed by atoms with Crippen molar-refractivity contribution < 1.29 is 9.90 Å². The van der Waals surface area contributed by atoms with Gasteiger partial charge in [0.2, 0.25) is 0 Å². The fraction of sp³-hybridized carbons (Fsp3) is 0.562. The summed E-state index contributed by atoms with van der Waals surface area (Å²) in [7, 11) is 0. The van der Waals surface area contributed by atoms with E-state index in [-0.39, 0.29) is 0 Å². The molecule has 0 bridgehead atoms. The third-order valence-corrected chi connectivity index (χ3v) is 4.94. The molecule has 2 aliphatic carbocycles. The van der Waals surface area contributed by atoms with E-state index in [2.05, 4.69) is 25.1 Å². The summed E-state index contributed by atoms with van der Waals surface area (Å²) in [6.07, 6.45) is 6.04. The largest absolute Gasteiger partial charge is 0.481 e. The van der Waals surface area contributed by atoms with Crippen LogP contribution in [0.15, 0.2) is 18.2 Å². The molecule has 2 aliphatic rings. The summed E-state index contributed by atoms with van der Waals surface area (Å²) in [5, 5.41) is 9.63. The number of rotatable bonds is 2. The van der Waals surface area contributed by atoms with Crippen molar-refractivity contribution in [3.8, 4) is 0 Å². The van der Waals surface area contributed by atoms with Gasteiger partial charge in [-0.1, -0.05) is 38.0 Å². The molecule has 3 rings (SSSR count). The quantitative estimate of drug-likeness (QED) is 0.862. The highest BCUT2D eigenvalue weighted by Gasteiger charge is 2.43. The van der Waals surface area contributed by atoms with E-state index in [1.54, 1.807) is 0 Å². The predicted octanol–water partition coefficient (Wildman–Crippen LogP) is 3.63. The molecule has 1 N–H and O–H groups in total. The zero-order valence-electron chi connectivity index (χ0n) is 10.9. The lowest BCUT2D eigenvalue weighted by molar-refractivity contribution is -0.143. The number of benzene rings is 1. The Morgan fingerprint density at radius 1 is 1.33 bits per heavy atom. The van der Waals surface area contributed by atoms with Crippen LogP contribution in [0.25, 0.3) is 0 Å². The highest BCUT2D eigenvalue weighted by Crippen LogP contribution is 2.43. The van der Waals surface area contributed by atoms with E-state index in [0.717, 1.165) is 37.7 Å². The van der Waals surface area contributed by atoms with Crippen LogP contribution in [-0.4, -0.2) is 11.1 Å². The molecule has 1 fully saturated rings. The van der Waals surface area contributed by atoms with Crippen molar-refractivity contribution in [1.29, 1.82) is 0 Å². The lowest BCUT2D eigenvalue weighted by Gasteiger charge is -2.25. The average Bonchev–Trinajstić information content (AvgIpc) is 2.97. The van der Waals surface area contributed by atoms with Crippen LogP contribution in [0.3, 0.4) is 0 Å². The highest BCUT2D eigenvalue weighted by molar-refractivity contribution is 5.82. The molecule has 0 amide bonds. The first-order chi connectivity index (χ1) is 8.63. The molecule has 1 atom stereocenters. The Kier molecular flexibility index (Phi) is 2.69. The minimum atomic E-state index is -0.634. The average molecular weight is 244 g/mol. The summed E-state index contributed by atoms with van der Waals surface area (Å²) in [5.74, 6) is -0.0437. The van der Waals surface area contributed by atoms with E-state index in [4.69, 9.17) is 0 Å². The predicted molar refractivity (Wildman–Crippen MR) is 71.0 cm³/mol. The molecule has 0 radical (unpaired) electrons. The van der Waals surface area contributed by atoms with E-state index >= 15 is 0 Å². The topological polar surface area (TPSA) is 37.3 Å². The fourth-order valence-corrected chi connectivity index (χ4v) is 3.71. The van der Waals surface area contributed by atoms with Crippen LogP contribution in [0.2, 0.25) is 0 Å². The summed E-state index contributed by atoms with van der Waals surface area (Å²) >= 11 is 0. The first-order valence-electron chi connectivity index (χ1n) is 7.00. The van der Waals surface area contributed by atoms with Crippen LogP contribution < -0.4 is 0 Å². The van der Waals surface area contributed by atoms with Gasteiger partial charge in [-0.05, 0) is 48.3 Å². The fourth-order valence-electron chi connectivity index (χ4n) is 3.71. The summed E-state index contributed by atoms with van der Waals surface area (Å²) in [4.78, 5) is 11.7. The maximum atomic E-state index is 11.7. The molecule has 18 heavy (non-hydrogen) atoms. The summed E-state index contributed by atoms with van der Waals surface area (Å²) in [5.41, 5.74) is 3.25.